The van der Waals surface area contributed by atoms with E-state index in [1.54, 1.807) is 6.20 Å². The Balaban J connectivity index is 2.43. The van der Waals surface area contributed by atoms with Crippen molar-refractivity contribution < 1.29 is 4.79 Å². The molecule has 0 aliphatic heterocycles. The number of aromatic nitrogens is 2. The van der Waals surface area contributed by atoms with Crippen molar-refractivity contribution in [2.75, 3.05) is 6.54 Å². The lowest BCUT2D eigenvalue weighted by molar-refractivity contribution is 0.0947. The minimum absolute atomic E-state index is 0.0920. The summed E-state index contributed by atoms with van der Waals surface area (Å²) in [5, 5.41) is 2.73. The predicted molar refractivity (Wildman–Crippen MR) is 57.4 cm³/mol. The molecular formula is C10H16N4O. The number of aryl methyl sites for hydroxylation is 1. The first-order valence-electron chi connectivity index (χ1n) is 4.92. The number of nitrogens with two attached hydrogens (primary N) is 1. The van der Waals surface area contributed by atoms with Crippen LogP contribution in [-0.4, -0.2) is 28.5 Å². The molecule has 5 heteroatoms. The van der Waals surface area contributed by atoms with E-state index in [1.165, 1.54) is 6.20 Å². The van der Waals surface area contributed by atoms with Crippen LogP contribution in [0.2, 0.25) is 0 Å². The van der Waals surface area contributed by atoms with Crippen LogP contribution < -0.4 is 11.1 Å². The smallest absolute Gasteiger partial charge is 0.271 e. The van der Waals surface area contributed by atoms with Gasteiger partial charge in [-0.15, -0.1) is 0 Å². The zero-order valence-electron chi connectivity index (χ0n) is 9.03. The summed E-state index contributed by atoms with van der Waals surface area (Å²) in [4.78, 5) is 19.4. The second-order valence-electron chi connectivity index (χ2n) is 3.56. The Morgan fingerprint density at radius 1 is 1.53 bits per heavy atom. The molecule has 1 unspecified atom stereocenters. The second-order valence-corrected chi connectivity index (χ2v) is 3.56. The molecule has 15 heavy (non-hydrogen) atoms. The van der Waals surface area contributed by atoms with Crippen LogP contribution >= 0.6 is 0 Å². The monoisotopic (exact) mass is 208 g/mol. The van der Waals surface area contributed by atoms with Crippen molar-refractivity contribution in [1.29, 1.82) is 0 Å². The van der Waals surface area contributed by atoms with E-state index in [0.29, 0.717) is 12.2 Å². The molecule has 1 amide bonds. The van der Waals surface area contributed by atoms with Gasteiger partial charge in [-0.1, -0.05) is 0 Å². The molecule has 0 saturated carbocycles. The van der Waals surface area contributed by atoms with Gasteiger partial charge in [-0.05, 0) is 20.3 Å². The molecule has 1 aromatic heterocycles. The molecule has 82 valence electrons. The summed E-state index contributed by atoms with van der Waals surface area (Å²) in [6, 6.07) is 0.0920. The molecule has 0 bridgehead atoms. The fourth-order valence-corrected chi connectivity index (χ4v) is 1.01. The largest absolute Gasteiger partial charge is 0.351 e. The minimum atomic E-state index is -0.205. The third kappa shape index (κ3) is 4.03. The predicted octanol–water partition coefficient (Wildman–Crippen LogP) is 0.252. The lowest BCUT2D eigenvalue weighted by Crippen LogP contribution is -2.29. The van der Waals surface area contributed by atoms with E-state index in [2.05, 4.69) is 15.3 Å². The molecule has 1 rings (SSSR count). The number of amides is 1. The van der Waals surface area contributed by atoms with Crippen LogP contribution in [0.15, 0.2) is 12.4 Å². The van der Waals surface area contributed by atoms with Crippen LogP contribution in [0.3, 0.4) is 0 Å². The van der Waals surface area contributed by atoms with Gasteiger partial charge >= 0.3 is 0 Å². The van der Waals surface area contributed by atoms with Crippen molar-refractivity contribution in [3.8, 4) is 0 Å². The molecule has 1 atom stereocenters. The summed E-state index contributed by atoms with van der Waals surface area (Å²) >= 11 is 0. The van der Waals surface area contributed by atoms with Gasteiger partial charge in [0.2, 0.25) is 0 Å². The van der Waals surface area contributed by atoms with E-state index in [4.69, 9.17) is 5.73 Å². The molecule has 0 radical (unpaired) electrons. The molecule has 0 aliphatic rings. The Kier molecular flexibility index (Phi) is 4.17. The maximum atomic E-state index is 11.5. The van der Waals surface area contributed by atoms with E-state index >= 15 is 0 Å². The van der Waals surface area contributed by atoms with Crippen LogP contribution in [0.4, 0.5) is 0 Å². The molecule has 0 saturated heterocycles. The summed E-state index contributed by atoms with van der Waals surface area (Å²) in [5.41, 5.74) is 6.69. The fourth-order valence-electron chi connectivity index (χ4n) is 1.01. The van der Waals surface area contributed by atoms with Crippen LogP contribution in [0.1, 0.15) is 29.5 Å². The zero-order valence-corrected chi connectivity index (χ0v) is 9.03. The van der Waals surface area contributed by atoms with Crippen molar-refractivity contribution in [3.05, 3.63) is 23.8 Å². The van der Waals surface area contributed by atoms with Crippen molar-refractivity contribution in [3.63, 3.8) is 0 Å². The van der Waals surface area contributed by atoms with Crippen LogP contribution in [0.25, 0.3) is 0 Å². The first-order valence-corrected chi connectivity index (χ1v) is 4.92. The van der Waals surface area contributed by atoms with Gasteiger partial charge in [0.1, 0.15) is 5.69 Å². The number of nitrogens with one attached hydrogen (secondary N) is 1. The molecule has 1 aromatic rings. The SMILES string of the molecule is Cc1cnc(C(=O)NCCC(C)N)cn1. The number of rotatable bonds is 4. The summed E-state index contributed by atoms with van der Waals surface area (Å²) in [7, 11) is 0. The first kappa shape index (κ1) is 11.6. The second kappa shape index (κ2) is 5.41. The fraction of sp³-hybridized carbons (Fsp3) is 0.500. The third-order valence-corrected chi connectivity index (χ3v) is 1.90. The van der Waals surface area contributed by atoms with Gasteiger partial charge in [-0.3, -0.25) is 9.78 Å². The maximum absolute atomic E-state index is 11.5. The molecule has 0 aromatic carbocycles. The Morgan fingerprint density at radius 2 is 2.27 bits per heavy atom. The highest BCUT2D eigenvalue weighted by Gasteiger charge is 2.06. The third-order valence-electron chi connectivity index (χ3n) is 1.90. The lowest BCUT2D eigenvalue weighted by atomic mass is 10.2. The van der Waals surface area contributed by atoms with Gasteiger partial charge in [0.25, 0.3) is 5.91 Å². The van der Waals surface area contributed by atoms with Gasteiger partial charge in [-0.2, -0.15) is 0 Å². The maximum Gasteiger partial charge on any atom is 0.271 e. The van der Waals surface area contributed by atoms with Gasteiger partial charge in [0.05, 0.1) is 11.9 Å². The van der Waals surface area contributed by atoms with E-state index < -0.39 is 0 Å². The topological polar surface area (TPSA) is 80.9 Å². The highest BCUT2D eigenvalue weighted by Crippen LogP contribution is 1.94. The molecule has 0 spiro atoms. The van der Waals surface area contributed by atoms with E-state index in [0.717, 1.165) is 12.1 Å². The van der Waals surface area contributed by atoms with E-state index in [9.17, 15) is 4.79 Å². The summed E-state index contributed by atoms with van der Waals surface area (Å²) in [6.07, 6.45) is 3.79. The lowest BCUT2D eigenvalue weighted by Gasteiger charge is -2.06. The van der Waals surface area contributed by atoms with Crippen LogP contribution in [0, 0.1) is 6.92 Å². The Labute approximate surface area is 89.1 Å². The van der Waals surface area contributed by atoms with Crippen LogP contribution in [0.5, 0.6) is 0 Å². The Hall–Kier alpha value is -1.49. The standard InChI is InChI=1S/C10H16N4O/c1-7(11)3-4-12-10(15)9-6-13-8(2)5-14-9/h5-7H,3-4,11H2,1-2H3,(H,12,15). The van der Waals surface area contributed by atoms with Crippen LogP contribution in [-0.2, 0) is 0 Å². The van der Waals surface area contributed by atoms with Crippen molar-refractivity contribution in [2.24, 2.45) is 5.73 Å². The molecule has 0 fully saturated rings. The highest BCUT2D eigenvalue weighted by molar-refractivity contribution is 5.91. The summed E-state index contributed by atoms with van der Waals surface area (Å²) in [6.45, 7) is 4.29. The normalized spacial score (nSPS) is 12.2. The zero-order chi connectivity index (χ0) is 11.3. The van der Waals surface area contributed by atoms with Gasteiger partial charge in [0, 0.05) is 18.8 Å². The summed E-state index contributed by atoms with van der Waals surface area (Å²) < 4.78 is 0. The average molecular weight is 208 g/mol. The van der Waals surface area contributed by atoms with Gasteiger partial charge in [0.15, 0.2) is 0 Å². The number of carbonyl (C=O) groups is 1. The minimum Gasteiger partial charge on any atom is -0.351 e. The highest BCUT2D eigenvalue weighted by atomic mass is 16.1. The van der Waals surface area contributed by atoms with Crippen molar-refractivity contribution >= 4 is 5.91 Å². The van der Waals surface area contributed by atoms with E-state index in [1.807, 2.05) is 13.8 Å². The van der Waals surface area contributed by atoms with E-state index in [-0.39, 0.29) is 11.9 Å². The van der Waals surface area contributed by atoms with Gasteiger partial charge < -0.3 is 11.1 Å². The number of carbonyl (C=O) groups excluding carboxylic acids is 1. The van der Waals surface area contributed by atoms with Crippen molar-refractivity contribution in [2.45, 2.75) is 26.3 Å². The quantitative estimate of drug-likeness (QED) is 0.743. The molecule has 3 N–H and O–H groups in total. The number of nitrogens with zero attached hydrogens (tertiary/aromatic N) is 2. The summed E-state index contributed by atoms with van der Waals surface area (Å²) in [5.74, 6) is -0.205. The molecule has 1 heterocycles. The Bertz CT molecular complexity index is 321. The Morgan fingerprint density at radius 3 is 2.80 bits per heavy atom. The average Bonchev–Trinajstić information content (AvgIpc) is 2.18. The van der Waals surface area contributed by atoms with Gasteiger partial charge in [-0.25, -0.2) is 4.98 Å². The van der Waals surface area contributed by atoms with Crippen molar-refractivity contribution in [1.82, 2.24) is 15.3 Å². The number of hydrogen-bond donors (Lipinski definition) is 2. The first-order chi connectivity index (χ1) is 7.09. The number of hydrogen-bond acceptors (Lipinski definition) is 4. The molecular weight excluding hydrogens is 192 g/mol. The molecule has 0 aliphatic carbocycles. The molecule has 5 nitrogen and oxygen atoms in total.